The van der Waals surface area contributed by atoms with Crippen LogP contribution in [0.5, 0.6) is 0 Å². The van der Waals surface area contributed by atoms with E-state index in [0.717, 1.165) is 25.7 Å². The van der Waals surface area contributed by atoms with E-state index in [1.54, 1.807) is 0 Å². The largest absolute Gasteiger partial charge is 0.467 e. The average Bonchev–Trinajstić information content (AvgIpc) is 2.88. The van der Waals surface area contributed by atoms with E-state index < -0.39 is 17.4 Å². The van der Waals surface area contributed by atoms with Crippen LogP contribution in [0, 0.1) is 11.8 Å². The van der Waals surface area contributed by atoms with E-state index in [2.05, 4.69) is 12.2 Å². The molecule has 0 aliphatic carbocycles. The molecule has 156 valence electrons. The van der Waals surface area contributed by atoms with Crippen molar-refractivity contribution in [2.45, 2.75) is 96.6 Å². The Morgan fingerprint density at radius 1 is 1.26 bits per heavy atom. The van der Waals surface area contributed by atoms with Crippen molar-refractivity contribution in [2.75, 3.05) is 7.11 Å². The predicted molar refractivity (Wildman–Crippen MR) is 106 cm³/mol. The van der Waals surface area contributed by atoms with Crippen LogP contribution >= 0.6 is 0 Å². The molecule has 6 heteroatoms. The molecule has 0 radical (unpaired) electrons. The van der Waals surface area contributed by atoms with Crippen LogP contribution in [-0.4, -0.2) is 35.8 Å². The highest BCUT2D eigenvalue weighted by Gasteiger charge is 2.50. The fraction of sp³-hybridized carbons (Fsp3) is 0.857. The maximum Gasteiger partial charge on any atom is 0.333 e. The quantitative estimate of drug-likeness (QED) is 0.307. The predicted octanol–water partition coefficient (Wildman–Crippen LogP) is 3.12. The highest BCUT2D eigenvalue weighted by Crippen LogP contribution is 2.33. The number of nitrogens with one attached hydrogen (secondary N) is 1. The van der Waals surface area contributed by atoms with Crippen LogP contribution < -0.4 is 11.1 Å². The number of methoxy groups -OCH3 is 1. The fourth-order valence-corrected chi connectivity index (χ4v) is 4.09. The summed E-state index contributed by atoms with van der Waals surface area (Å²) in [6, 6.07) is 0. The Hall–Kier alpha value is -1.43. The molecule has 0 bridgehead atoms. The summed E-state index contributed by atoms with van der Waals surface area (Å²) >= 11 is 0. The number of rotatable bonds is 12. The van der Waals surface area contributed by atoms with Gasteiger partial charge in [-0.1, -0.05) is 46.0 Å². The molecule has 6 nitrogen and oxygen atoms in total. The number of carbonyl (C=O) groups is 3. The lowest BCUT2D eigenvalue weighted by Crippen LogP contribution is -2.59. The van der Waals surface area contributed by atoms with Gasteiger partial charge in [-0.15, -0.1) is 0 Å². The fourth-order valence-electron chi connectivity index (χ4n) is 4.09. The summed E-state index contributed by atoms with van der Waals surface area (Å²) in [5.74, 6) is -1.93. The molecule has 1 amide bonds. The molecule has 0 saturated carbocycles. The average molecular weight is 383 g/mol. The van der Waals surface area contributed by atoms with Crippen LogP contribution in [0.2, 0.25) is 0 Å². The van der Waals surface area contributed by atoms with E-state index in [1.807, 2.05) is 20.8 Å². The first kappa shape index (κ1) is 23.6. The summed E-state index contributed by atoms with van der Waals surface area (Å²) in [4.78, 5) is 38.0. The lowest BCUT2D eigenvalue weighted by Gasteiger charge is -2.30. The zero-order valence-corrected chi connectivity index (χ0v) is 17.7. The third kappa shape index (κ3) is 6.30. The summed E-state index contributed by atoms with van der Waals surface area (Å²) in [6.07, 6.45) is 7.43. The molecule has 1 aliphatic heterocycles. The number of amides is 1. The molecule has 27 heavy (non-hydrogen) atoms. The number of hydrogen-bond acceptors (Lipinski definition) is 5. The SMILES string of the molecule is CCCCCCCC(CC)C(=O)C(N)(C[C@@H]1CC(C)(C)NC1=O)C(=O)OC. The van der Waals surface area contributed by atoms with Crippen LogP contribution in [0.3, 0.4) is 0 Å². The number of carbonyl (C=O) groups excluding carboxylic acids is 3. The second kappa shape index (κ2) is 10.2. The summed E-state index contributed by atoms with van der Waals surface area (Å²) in [5, 5.41) is 2.90. The van der Waals surface area contributed by atoms with Gasteiger partial charge in [0.2, 0.25) is 5.91 Å². The number of ether oxygens (including phenoxy) is 1. The van der Waals surface area contributed by atoms with Crippen LogP contribution in [-0.2, 0) is 19.1 Å². The number of nitrogens with two attached hydrogens (primary N) is 1. The van der Waals surface area contributed by atoms with Gasteiger partial charge in [0.15, 0.2) is 11.3 Å². The summed E-state index contributed by atoms with van der Waals surface area (Å²) in [5.41, 5.74) is 4.23. The van der Waals surface area contributed by atoms with Crippen molar-refractivity contribution in [3.63, 3.8) is 0 Å². The normalized spacial score (nSPS) is 22.0. The third-order valence-corrected chi connectivity index (χ3v) is 5.67. The molecule has 1 saturated heterocycles. The van der Waals surface area contributed by atoms with Crippen LogP contribution in [0.4, 0.5) is 0 Å². The van der Waals surface area contributed by atoms with E-state index in [0.29, 0.717) is 12.8 Å². The van der Waals surface area contributed by atoms with Gasteiger partial charge in [-0.3, -0.25) is 9.59 Å². The monoisotopic (exact) mass is 382 g/mol. The molecule has 0 spiro atoms. The first-order valence-corrected chi connectivity index (χ1v) is 10.3. The molecular formula is C21H38N2O4. The zero-order chi connectivity index (χ0) is 20.7. The van der Waals surface area contributed by atoms with Gasteiger partial charge >= 0.3 is 5.97 Å². The second-order valence-electron chi connectivity index (χ2n) is 8.61. The molecule has 1 heterocycles. The van der Waals surface area contributed by atoms with Crippen molar-refractivity contribution in [3.05, 3.63) is 0 Å². The van der Waals surface area contributed by atoms with Crippen molar-refractivity contribution in [2.24, 2.45) is 17.6 Å². The van der Waals surface area contributed by atoms with Gasteiger partial charge in [-0.05, 0) is 39.5 Å². The number of esters is 1. The molecular weight excluding hydrogens is 344 g/mol. The molecule has 3 atom stereocenters. The van der Waals surface area contributed by atoms with Crippen LogP contribution in [0.25, 0.3) is 0 Å². The van der Waals surface area contributed by atoms with Crippen molar-refractivity contribution in [1.29, 1.82) is 0 Å². The Morgan fingerprint density at radius 3 is 2.37 bits per heavy atom. The Labute approximate surface area is 164 Å². The van der Waals surface area contributed by atoms with Crippen molar-refractivity contribution in [1.82, 2.24) is 5.32 Å². The minimum atomic E-state index is -1.76. The van der Waals surface area contributed by atoms with Gasteiger partial charge in [0.1, 0.15) is 0 Å². The first-order valence-electron chi connectivity index (χ1n) is 10.3. The number of hydrogen-bond donors (Lipinski definition) is 2. The maximum atomic E-state index is 13.2. The summed E-state index contributed by atoms with van der Waals surface area (Å²) in [7, 11) is 1.24. The Bertz CT molecular complexity index is 532. The standard InChI is InChI=1S/C21H38N2O4/c1-6-8-9-10-11-12-15(7-2)17(24)21(22,19(26)27-5)14-16-13-20(3,4)23-18(16)25/h15-16H,6-14,22H2,1-5H3,(H,23,25)/t15?,16-,21?/m0/s1. The smallest absolute Gasteiger partial charge is 0.333 e. The Morgan fingerprint density at radius 2 is 1.89 bits per heavy atom. The highest BCUT2D eigenvalue weighted by molar-refractivity contribution is 6.09. The van der Waals surface area contributed by atoms with Crippen molar-refractivity contribution >= 4 is 17.7 Å². The number of Topliss-reactive ketones (excluding diaryl/α,β-unsaturated/α-hetero) is 1. The van der Waals surface area contributed by atoms with E-state index in [1.165, 1.54) is 20.0 Å². The Balaban J connectivity index is 2.87. The number of ketones is 1. The van der Waals surface area contributed by atoms with E-state index in [9.17, 15) is 14.4 Å². The van der Waals surface area contributed by atoms with Gasteiger partial charge in [0.25, 0.3) is 0 Å². The third-order valence-electron chi connectivity index (χ3n) is 5.67. The van der Waals surface area contributed by atoms with Crippen LogP contribution in [0.15, 0.2) is 0 Å². The molecule has 0 aromatic heterocycles. The molecule has 0 aromatic carbocycles. The highest BCUT2D eigenvalue weighted by atomic mass is 16.5. The van der Waals surface area contributed by atoms with Crippen LogP contribution in [0.1, 0.15) is 85.5 Å². The van der Waals surface area contributed by atoms with Crippen molar-refractivity contribution in [3.8, 4) is 0 Å². The molecule has 1 rings (SSSR count). The first-order chi connectivity index (χ1) is 12.6. The topological polar surface area (TPSA) is 98.5 Å². The lowest BCUT2D eigenvalue weighted by atomic mass is 9.76. The number of unbranched alkanes of at least 4 members (excludes halogenated alkanes) is 4. The minimum absolute atomic E-state index is 0.000104. The second-order valence-corrected chi connectivity index (χ2v) is 8.61. The van der Waals surface area contributed by atoms with Gasteiger partial charge in [0.05, 0.1) is 7.11 Å². The van der Waals surface area contributed by atoms with Gasteiger partial charge in [0, 0.05) is 17.4 Å². The van der Waals surface area contributed by atoms with Crippen molar-refractivity contribution < 1.29 is 19.1 Å². The molecule has 1 fully saturated rings. The van der Waals surface area contributed by atoms with E-state index >= 15 is 0 Å². The lowest BCUT2D eigenvalue weighted by molar-refractivity contribution is -0.153. The Kier molecular flexibility index (Phi) is 8.92. The van der Waals surface area contributed by atoms with Gasteiger partial charge < -0.3 is 15.8 Å². The van der Waals surface area contributed by atoms with Gasteiger partial charge in [-0.25, -0.2) is 4.79 Å². The van der Waals surface area contributed by atoms with E-state index in [4.69, 9.17) is 10.5 Å². The summed E-state index contributed by atoms with van der Waals surface area (Å²) < 4.78 is 4.87. The molecule has 3 N–H and O–H groups in total. The maximum absolute atomic E-state index is 13.2. The molecule has 1 aliphatic rings. The minimum Gasteiger partial charge on any atom is -0.467 e. The van der Waals surface area contributed by atoms with Gasteiger partial charge in [-0.2, -0.15) is 0 Å². The zero-order valence-electron chi connectivity index (χ0n) is 17.7. The molecule has 0 aromatic rings. The summed E-state index contributed by atoms with van der Waals surface area (Å²) in [6.45, 7) is 7.96. The molecule has 2 unspecified atom stereocenters. The van der Waals surface area contributed by atoms with E-state index in [-0.39, 0.29) is 29.6 Å².